The lowest BCUT2D eigenvalue weighted by atomic mass is 9.85. The van der Waals surface area contributed by atoms with Gasteiger partial charge < -0.3 is 19.5 Å². The van der Waals surface area contributed by atoms with E-state index in [9.17, 15) is 0 Å². The van der Waals surface area contributed by atoms with Gasteiger partial charge in [0.25, 0.3) is 0 Å². The van der Waals surface area contributed by atoms with Gasteiger partial charge in [-0.3, -0.25) is 0 Å². The first-order valence-electron chi connectivity index (χ1n) is 7.51. The lowest BCUT2D eigenvalue weighted by molar-refractivity contribution is -0.115. The summed E-state index contributed by atoms with van der Waals surface area (Å²) in [6, 6.07) is 8.48. The molecule has 0 aromatic heterocycles. The summed E-state index contributed by atoms with van der Waals surface area (Å²) in [5.41, 5.74) is 0. The second-order valence-corrected chi connectivity index (χ2v) is 6.37. The number of nitrogens with one attached hydrogen (secondary N) is 1. The van der Waals surface area contributed by atoms with Crippen molar-refractivity contribution in [3.8, 4) is 5.75 Å². The maximum Gasteiger partial charge on any atom is 0.133 e. The minimum Gasteiger partial charge on any atom is -0.486 e. The number of halogens is 1. The Kier molecular flexibility index (Phi) is 7.22. The highest BCUT2D eigenvalue weighted by molar-refractivity contribution is 14.1. The van der Waals surface area contributed by atoms with Crippen molar-refractivity contribution < 1.29 is 14.2 Å². The molecule has 3 unspecified atom stereocenters. The molecule has 0 amide bonds. The lowest BCUT2D eigenvalue weighted by Gasteiger charge is -2.44. The van der Waals surface area contributed by atoms with Crippen LogP contribution in [0.3, 0.4) is 0 Å². The molecule has 1 aromatic carbocycles. The number of hydrogen-bond acceptors (Lipinski definition) is 4. The van der Waals surface area contributed by atoms with Gasteiger partial charge in [-0.15, -0.1) is 0 Å². The summed E-state index contributed by atoms with van der Waals surface area (Å²) in [6.07, 6.45) is 2.33. The fourth-order valence-electron chi connectivity index (χ4n) is 2.42. The Labute approximate surface area is 140 Å². The number of rotatable bonds is 9. The van der Waals surface area contributed by atoms with Gasteiger partial charge in [0.05, 0.1) is 16.8 Å². The largest absolute Gasteiger partial charge is 0.486 e. The number of benzene rings is 1. The van der Waals surface area contributed by atoms with Crippen molar-refractivity contribution in [2.75, 3.05) is 26.9 Å². The second-order valence-electron chi connectivity index (χ2n) is 5.21. The van der Waals surface area contributed by atoms with E-state index in [4.69, 9.17) is 14.2 Å². The molecule has 1 aromatic rings. The third-order valence-corrected chi connectivity index (χ3v) is 4.51. The molecule has 1 aliphatic rings. The van der Waals surface area contributed by atoms with Gasteiger partial charge in [-0.05, 0) is 47.7 Å². The summed E-state index contributed by atoms with van der Waals surface area (Å²) in [4.78, 5) is 0. The zero-order chi connectivity index (χ0) is 15.1. The zero-order valence-electron chi connectivity index (χ0n) is 12.7. The third-order valence-electron chi connectivity index (χ3n) is 3.62. The standard InChI is InChI=1S/C16H24INO3/c1-3-8-18-13-11-15(16(13)20-10-9-19-2)21-14-7-5-4-6-12(14)17/h4-7,13,15-16,18H,3,8-11H2,1-2H3. The van der Waals surface area contributed by atoms with Crippen LogP contribution < -0.4 is 10.1 Å². The van der Waals surface area contributed by atoms with Crippen LogP contribution in [0.15, 0.2) is 24.3 Å². The molecule has 21 heavy (non-hydrogen) atoms. The van der Waals surface area contributed by atoms with Crippen molar-refractivity contribution in [3.05, 3.63) is 27.8 Å². The van der Waals surface area contributed by atoms with E-state index < -0.39 is 0 Å². The van der Waals surface area contributed by atoms with Crippen molar-refractivity contribution >= 4 is 22.6 Å². The van der Waals surface area contributed by atoms with Crippen LogP contribution in [0.2, 0.25) is 0 Å². The van der Waals surface area contributed by atoms with Crippen LogP contribution in [0, 0.1) is 3.57 Å². The monoisotopic (exact) mass is 405 g/mol. The first-order chi connectivity index (χ1) is 10.3. The second kappa shape index (κ2) is 8.92. The highest BCUT2D eigenvalue weighted by Crippen LogP contribution is 2.31. The Balaban J connectivity index is 1.90. The molecule has 2 rings (SSSR count). The normalized spacial score (nSPS) is 24.6. The smallest absolute Gasteiger partial charge is 0.133 e. The van der Waals surface area contributed by atoms with E-state index in [1.54, 1.807) is 7.11 Å². The van der Waals surface area contributed by atoms with Crippen molar-refractivity contribution in [1.82, 2.24) is 5.32 Å². The summed E-state index contributed by atoms with van der Waals surface area (Å²) in [5, 5.41) is 3.53. The van der Waals surface area contributed by atoms with E-state index in [2.05, 4.69) is 40.9 Å². The van der Waals surface area contributed by atoms with Gasteiger partial charge in [0.1, 0.15) is 18.0 Å². The van der Waals surface area contributed by atoms with Gasteiger partial charge in [0.2, 0.25) is 0 Å². The molecule has 0 bridgehead atoms. The van der Waals surface area contributed by atoms with Crippen molar-refractivity contribution in [1.29, 1.82) is 0 Å². The predicted molar refractivity (Wildman–Crippen MR) is 91.9 cm³/mol. The van der Waals surface area contributed by atoms with Gasteiger partial charge in [0, 0.05) is 19.6 Å². The van der Waals surface area contributed by atoms with Crippen LogP contribution in [-0.2, 0) is 9.47 Å². The van der Waals surface area contributed by atoms with Gasteiger partial charge in [0.15, 0.2) is 0 Å². The van der Waals surface area contributed by atoms with E-state index in [1.165, 1.54) is 0 Å². The Morgan fingerprint density at radius 3 is 2.81 bits per heavy atom. The molecule has 3 atom stereocenters. The SMILES string of the molecule is CCCNC1CC(Oc2ccccc2I)C1OCCOC. The lowest BCUT2D eigenvalue weighted by Crippen LogP contribution is -2.61. The number of ether oxygens (including phenoxy) is 3. The fourth-order valence-corrected chi connectivity index (χ4v) is 2.94. The van der Waals surface area contributed by atoms with Crippen LogP contribution in [0.4, 0.5) is 0 Å². The first-order valence-corrected chi connectivity index (χ1v) is 8.59. The topological polar surface area (TPSA) is 39.7 Å². The summed E-state index contributed by atoms with van der Waals surface area (Å²) in [6.45, 7) is 4.42. The van der Waals surface area contributed by atoms with Gasteiger partial charge in [-0.25, -0.2) is 0 Å². The average Bonchev–Trinajstić information content (AvgIpc) is 2.48. The van der Waals surface area contributed by atoms with Gasteiger partial charge in [-0.2, -0.15) is 0 Å². The van der Waals surface area contributed by atoms with Crippen LogP contribution in [-0.4, -0.2) is 45.1 Å². The molecule has 0 saturated heterocycles. The molecular formula is C16H24INO3. The Morgan fingerprint density at radius 2 is 2.10 bits per heavy atom. The molecule has 0 aliphatic heterocycles. The van der Waals surface area contributed by atoms with Crippen molar-refractivity contribution in [2.45, 2.75) is 38.0 Å². The number of methoxy groups -OCH3 is 1. The highest BCUT2D eigenvalue weighted by Gasteiger charge is 2.43. The molecule has 0 spiro atoms. The summed E-state index contributed by atoms with van der Waals surface area (Å²) in [7, 11) is 1.69. The predicted octanol–water partition coefficient (Wildman–Crippen LogP) is 2.84. The van der Waals surface area contributed by atoms with Crippen LogP contribution in [0.1, 0.15) is 19.8 Å². The van der Waals surface area contributed by atoms with Crippen LogP contribution >= 0.6 is 22.6 Å². The van der Waals surface area contributed by atoms with Crippen molar-refractivity contribution in [3.63, 3.8) is 0 Å². The summed E-state index contributed by atoms with van der Waals surface area (Å²) >= 11 is 2.30. The minimum atomic E-state index is 0.0997. The molecule has 1 aliphatic carbocycles. The van der Waals surface area contributed by atoms with E-state index in [-0.39, 0.29) is 12.2 Å². The quantitative estimate of drug-likeness (QED) is 0.507. The molecular weight excluding hydrogens is 381 g/mol. The third kappa shape index (κ3) is 4.81. The molecule has 5 heteroatoms. The van der Waals surface area contributed by atoms with E-state index in [0.717, 1.165) is 28.7 Å². The van der Waals surface area contributed by atoms with Crippen LogP contribution in [0.25, 0.3) is 0 Å². The fraction of sp³-hybridized carbons (Fsp3) is 0.625. The maximum absolute atomic E-state index is 6.12. The molecule has 118 valence electrons. The average molecular weight is 405 g/mol. The first kappa shape index (κ1) is 17.0. The molecule has 0 radical (unpaired) electrons. The molecule has 0 heterocycles. The van der Waals surface area contributed by atoms with Gasteiger partial charge in [-0.1, -0.05) is 19.1 Å². The number of para-hydroxylation sites is 1. The summed E-state index contributed by atoms with van der Waals surface area (Å²) in [5.74, 6) is 0.942. The van der Waals surface area contributed by atoms with E-state index >= 15 is 0 Å². The number of hydrogen-bond donors (Lipinski definition) is 1. The molecule has 4 nitrogen and oxygen atoms in total. The van der Waals surface area contributed by atoms with Crippen molar-refractivity contribution in [2.24, 2.45) is 0 Å². The van der Waals surface area contributed by atoms with E-state index in [1.807, 2.05) is 18.2 Å². The summed E-state index contributed by atoms with van der Waals surface area (Å²) < 4.78 is 18.3. The Hall–Kier alpha value is -0.370. The molecule has 1 fully saturated rings. The Morgan fingerprint density at radius 1 is 1.29 bits per heavy atom. The van der Waals surface area contributed by atoms with E-state index in [0.29, 0.717) is 19.3 Å². The minimum absolute atomic E-state index is 0.0997. The maximum atomic E-state index is 6.12. The molecule has 1 N–H and O–H groups in total. The zero-order valence-corrected chi connectivity index (χ0v) is 14.8. The Bertz CT molecular complexity index is 430. The highest BCUT2D eigenvalue weighted by atomic mass is 127. The van der Waals surface area contributed by atoms with Crippen LogP contribution in [0.5, 0.6) is 5.75 Å². The van der Waals surface area contributed by atoms with Gasteiger partial charge >= 0.3 is 0 Å². The molecule has 1 saturated carbocycles.